The number of nitrogens with zero attached hydrogens (tertiary/aromatic N) is 2. The molecule has 2 rings (SSSR count). The van der Waals surface area contributed by atoms with Gasteiger partial charge in [-0.25, -0.2) is 0 Å². The summed E-state index contributed by atoms with van der Waals surface area (Å²) in [5, 5.41) is 9.27. The van der Waals surface area contributed by atoms with Crippen LogP contribution >= 0.6 is 27.3 Å². The topological polar surface area (TPSA) is 51.0 Å². The average molecular weight is 302 g/mol. The van der Waals surface area contributed by atoms with Gasteiger partial charge in [-0.3, -0.25) is 0 Å². The molecule has 0 saturated carbocycles. The second kappa shape index (κ2) is 5.56. The number of thiophene rings is 1. The van der Waals surface area contributed by atoms with Gasteiger partial charge in [-0.15, -0.1) is 11.3 Å². The molecule has 0 aliphatic carbocycles. The van der Waals surface area contributed by atoms with E-state index >= 15 is 0 Å². The zero-order valence-electron chi connectivity index (χ0n) is 8.81. The number of halogens is 1. The lowest BCUT2D eigenvalue weighted by Crippen LogP contribution is -2.20. The van der Waals surface area contributed by atoms with Gasteiger partial charge in [0.2, 0.25) is 6.39 Å². The Morgan fingerprint density at radius 3 is 3.12 bits per heavy atom. The quantitative estimate of drug-likeness (QED) is 0.922. The highest BCUT2D eigenvalue weighted by Gasteiger charge is 2.07. The molecule has 2 heterocycles. The normalized spacial score (nSPS) is 12.9. The third kappa shape index (κ3) is 3.13. The number of rotatable bonds is 5. The molecule has 0 spiro atoms. The lowest BCUT2D eigenvalue weighted by atomic mass is 10.2. The van der Waals surface area contributed by atoms with Gasteiger partial charge in [0.1, 0.15) is 0 Å². The maximum absolute atomic E-state index is 4.67. The fourth-order valence-corrected chi connectivity index (χ4v) is 2.84. The zero-order chi connectivity index (χ0) is 11.4. The van der Waals surface area contributed by atoms with Gasteiger partial charge in [-0.1, -0.05) is 5.16 Å². The molecule has 16 heavy (non-hydrogen) atoms. The predicted molar refractivity (Wildman–Crippen MR) is 66.4 cm³/mol. The maximum Gasteiger partial charge on any atom is 0.213 e. The Hall–Kier alpha value is -0.720. The number of hydrogen-bond donors (Lipinski definition) is 1. The van der Waals surface area contributed by atoms with E-state index in [0.29, 0.717) is 6.04 Å². The van der Waals surface area contributed by atoms with Crippen molar-refractivity contribution in [3.63, 3.8) is 0 Å². The molecule has 1 N–H and O–H groups in total. The molecule has 0 aromatic carbocycles. The number of aromatic nitrogens is 2. The first-order valence-corrected chi connectivity index (χ1v) is 6.65. The van der Waals surface area contributed by atoms with E-state index in [-0.39, 0.29) is 0 Å². The summed E-state index contributed by atoms with van der Waals surface area (Å²) in [6.45, 7) is 2.99. The summed E-state index contributed by atoms with van der Waals surface area (Å²) in [4.78, 5) is 5.29. The Bertz CT molecular complexity index is 429. The average Bonchev–Trinajstić information content (AvgIpc) is 2.89. The molecule has 0 saturated heterocycles. The first kappa shape index (κ1) is 11.8. The molecule has 2 aromatic heterocycles. The lowest BCUT2D eigenvalue weighted by molar-refractivity contribution is 0.408. The molecule has 1 atom stereocenters. The van der Waals surface area contributed by atoms with Crippen LogP contribution in [0.3, 0.4) is 0 Å². The highest BCUT2D eigenvalue weighted by molar-refractivity contribution is 9.10. The van der Waals surface area contributed by atoms with Crippen molar-refractivity contribution in [2.75, 3.05) is 6.54 Å². The van der Waals surface area contributed by atoms with Crippen molar-refractivity contribution in [3.05, 3.63) is 33.0 Å². The fraction of sp³-hybridized carbons (Fsp3) is 0.400. The van der Waals surface area contributed by atoms with Crippen molar-refractivity contribution in [2.24, 2.45) is 0 Å². The van der Waals surface area contributed by atoms with Crippen LogP contribution in [0.1, 0.15) is 23.7 Å². The van der Waals surface area contributed by atoms with Crippen LogP contribution in [0.4, 0.5) is 0 Å². The highest BCUT2D eigenvalue weighted by atomic mass is 79.9. The number of hydrogen-bond acceptors (Lipinski definition) is 5. The molecule has 0 bridgehead atoms. The largest absolute Gasteiger partial charge is 0.343 e. The Morgan fingerprint density at radius 1 is 1.62 bits per heavy atom. The summed E-state index contributed by atoms with van der Waals surface area (Å²) < 4.78 is 5.81. The second-order valence-electron chi connectivity index (χ2n) is 3.44. The van der Waals surface area contributed by atoms with Crippen molar-refractivity contribution in [1.82, 2.24) is 15.5 Å². The molecule has 86 valence electrons. The van der Waals surface area contributed by atoms with Crippen LogP contribution < -0.4 is 5.32 Å². The first-order valence-electron chi connectivity index (χ1n) is 4.98. The van der Waals surface area contributed by atoms with E-state index in [4.69, 9.17) is 0 Å². The van der Waals surface area contributed by atoms with Crippen LogP contribution in [-0.2, 0) is 6.42 Å². The van der Waals surface area contributed by atoms with E-state index in [0.717, 1.165) is 23.3 Å². The van der Waals surface area contributed by atoms with Crippen LogP contribution in [-0.4, -0.2) is 16.7 Å². The van der Waals surface area contributed by atoms with Gasteiger partial charge < -0.3 is 9.84 Å². The summed E-state index contributed by atoms with van der Waals surface area (Å²) in [5.41, 5.74) is 0. The molecule has 2 aromatic rings. The summed E-state index contributed by atoms with van der Waals surface area (Å²) in [5.74, 6) is 0.743. The van der Waals surface area contributed by atoms with Gasteiger partial charge in [0, 0.05) is 33.7 Å². The van der Waals surface area contributed by atoms with Crippen LogP contribution in [0.15, 0.2) is 26.8 Å². The van der Waals surface area contributed by atoms with E-state index in [1.165, 1.54) is 11.3 Å². The smallest absolute Gasteiger partial charge is 0.213 e. The SMILES string of the molecule is CC(NCCc1ncon1)c1cc(Br)cs1. The molecule has 0 aliphatic heterocycles. The lowest BCUT2D eigenvalue weighted by Gasteiger charge is -2.10. The molecular formula is C10H12BrN3OS. The minimum Gasteiger partial charge on any atom is -0.343 e. The third-order valence-corrected chi connectivity index (χ3v) is 4.10. The molecule has 0 amide bonds. The Kier molecular flexibility index (Phi) is 4.09. The van der Waals surface area contributed by atoms with E-state index in [9.17, 15) is 0 Å². The zero-order valence-corrected chi connectivity index (χ0v) is 11.2. The van der Waals surface area contributed by atoms with Crippen molar-refractivity contribution < 1.29 is 4.52 Å². The van der Waals surface area contributed by atoms with Crippen LogP contribution in [0.25, 0.3) is 0 Å². The van der Waals surface area contributed by atoms with E-state index < -0.39 is 0 Å². The van der Waals surface area contributed by atoms with Crippen LogP contribution in [0, 0.1) is 0 Å². The summed E-state index contributed by atoms with van der Waals surface area (Å²) in [7, 11) is 0. The highest BCUT2D eigenvalue weighted by Crippen LogP contribution is 2.25. The van der Waals surface area contributed by atoms with Crippen LogP contribution in [0.5, 0.6) is 0 Å². The van der Waals surface area contributed by atoms with Crippen molar-refractivity contribution >= 4 is 27.3 Å². The van der Waals surface area contributed by atoms with Crippen molar-refractivity contribution in [2.45, 2.75) is 19.4 Å². The van der Waals surface area contributed by atoms with Crippen molar-refractivity contribution in [1.29, 1.82) is 0 Å². The minimum absolute atomic E-state index is 0.350. The fourth-order valence-electron chi connectivity index (χ4n) is 1.36. The van der Waals surface area contributed by atoms with Gasteiger partial charge in [0.25, 0.3) is 0 Å². The van der Waals surface area contributed by atoms with E-state index in [1.54, 1.807) is 11.3 Å². The van der Waals surface area contributed by atoms with Gasteiger partial charge >= 0.3 is 0 Å². The van der Waals surface area contributed by atoms with Gasteiger partial charge in [0.15, 0.2) is 5.82 Å². The predicted octanol–water partition coefficient (Wildman–Crippen LogP) is 2.79. The van der Waals surface area contributed by atoms with E-state index in [2.05, 4.69) is 54.3 Å². The molecule has 4 nitrogen and oxygen atoms in total. The minimum atomic E-state index is 0.350. The second-order valence-corrected chi connectivity index (χ2v) is 5.30. The Morgan fingerprint density at radius 2 is 2.50 bits per heavy atom. The van der Waals surface area contributed by atoms with Gasteiger partial charge in [-0.2, -0.15) is 4.98 Å². The monoisotopic (exact) mass is 301 g/mol. The molecule has 1 unspecified atom stereocenters. The maximum atomic E-state index is 4.67. The molecule has 0 aliphatic rings. The third-order valence-electron chi connectivity index (χ3n) is 2.22. The molecule has 6 heteroatoms. The summed E-state index contributed by atoms with van der Waals surface area (Å²) >= 11 is 5.20. The summed E-state index contributed by atoms with van der Waals surface area (Å²) in [6.07, 6.45) is 2.14. The van der Waals surface area contributed by atoms with Gasteiger partial charge in [-0.05, 0) is 28.9 Å². The first-order chi connectivity index (χ1) is 7.75. The number of nitrogens with one attached hydrogen (secondary N) is 1. The molecule has 0 fully saturated rings. The standard InChI is InChI=1S/C10H12BrN3OS/c1-7(9-4-8(11)5-16-9)12-3-2-10-13-6-15-14-10/h4-7,12H,2-3H2,1H3. The van der Waals surface area contributed by atoms with Gasteiger partial charge in [0.05, 0.1) is 0 Å². The van der Waals surface area contributed by atoms with Crippen LogP contribution in [0.2, 0.25) is 0 Å². The Labute approximate surface area is 106 Å². The summed E-state index contributed by atoms with van der Waals surface area (Å²) in [6, 6.07) is 2.49. The molecular weight excluding hydrogens is 290 g/mol. The Balaban J connectivity index is 1.78. The van der Waals surface area contributed by atoms with E-state index in [1.807, 2.05) is 0 Å². The molecule has 0 radical (unpaired) electrons. The van der Waals surface area contributed by atoms with Crippen molar-refractivity contribution in [3.8, 4) is 0 Å².